The Morgan fingerprint density at radius 3 is 2.50 bits per heavy atom. The Kier molecular flexibility index (Phi) is 6.55. The van der Waals surface area contributed by atoms with Gasteiger partial charge in [0, 0.05) is 63.6 Å². The smallest absolute Gasteiger partial charge is 0.221 e. The fraction of sp³-hybridized carbons (Fsp3) is 0.423. The Morgan fingerprint density at radius 1 is 1.14 bits per heavy atom. The van der Waals surface area contributed by atoms with Crippen LogP contribution in [0.5, 0.6) is 0 Å². The van der Waals surface area contributed by atoms with Crippen LogP contribution in [0, 0.1) is 23.4 Å². The van der Waals surface area contributed by atoms with Crippen LogP contribution in [0.25, 0.3) is 16.9 Å². The van der Waals surface area contributed by atoms with E-state index >= 15 is 0 Å². The number of aromatic nitrogens is 3. The van der Waals surface area contributed by atoms with Gasteiger partial charge in [0.2, 0.25) is 5.91 Å². The number of anilines is 1. The standard InChI is InChI=1S/C26H31FN6O2S/c1-17-23(18-8-10-19(11-9-18)32-13-15-36(29,35)16-14-32)24(20-5-2-3-6-21(20)25(28)34)31-33(17)26-22(27)7-4-12-30-26/h4,7-12,20-21,29H,2-3,5-6,13-16H2,1H3,(H2,28,34)/t20-,21-/m1/s1. The molecule has 0 spiro atoms. The number of carbonyl (C=O) groups is 1. The minimum Gasteiger partial charge on any atom is -0.370 e. The number of hydrogen-bond acceptors (Lipinski definition) is 6. The topological polar surface area (TPSA) is 118 Å². The number of rotatable bonds is 5. The summed E-state index contributed by atoms with van der Waals surface area (Å²) in [6.07, 6.45) is 4.97. The number of benzene rings is 1. The van der Waals surface area contributed by atoms with Crippen molar-refractivity contribution in [2.45, 2.75) is 38.5 Å². The lowest BCUT2D eigenvalue weighted by Crippen LogP contribution is -2.39. The monoisotopic (exact) mass is 510 g/mol. The summed E-state index contributed by atoms with van der Waals surface area (Å²) < 4.78 is 36.1. The van der Waals surface area contributed by atoms with Gasteiger partial charge >= 0.3 is 0 Å². The van der Waals surface area contributed by atoms with Gasteiger partial charge in [-0.2, -0.15) is 5.10 Å². The lowest BCUT2D eigenvalue weighted by atomic mass is 9.75. The molecule has 190 valence electrons. The summed E-state index contributed by atoms with van der Waals surface area (Å²) in [5.41, 5.74) is 10.1. The number of nitrogens with two attached hydrogens (primary N) is 1. The Labute approximate surface area is 210 Å². The van der Waals surface area contributed by atoms with Gasteiger partial charge in [-0.25, -0.2) is 18.3 Å². The third-order valence-electron chi connectivity index (χ3n) is 7.47. The zero-order valence-electron chi connectivity index (χ0n) is 20.3. The van der Waals surface area contributed by atoms with Crippen molar-refractivity contribution in [1.29, 1.82) is 4.78 Å². The van der Waals surface area contributed by atoms with Gasteiger partial charge in [-0.05, 0) is 49.6 Å². The molecule has 1 saturated carbocycles. The third-order valence-corrected chi connectivity index (χ3v) is 9.15. The number of amides is 1. The predicted molar refractivity (Wildman–Crippen MR) is 138 cm³/mol. The van der Waals surface area contributed by atoms with Crippen LogP contribution in [0.1, 0.15) is 43.0 Å². The second-order valence-electron chi connectivity index (χ2n) is 9.72. The number of primary amides is 1. The number of hydrogen-bond donors (Lipinski definition) is 2. The van der Waals surface area contributed by atoms with Crippen molar-refractivity contribution in [2.24, 2.45) is 11.7 Å². The van der Waals surface area contributed by atoms with Gasteiger partial charge in [0.25, 0.3) is 0 Å². The molecule has 0 radical (unpaired) electrons. The summed E-state index contributed by atoms with van der Waals surface area (Å²) >= 11 is 0. The van der Waals surface area contributed by atoms with Crippen LogP contribution in [0.2, 0.25) is 0 Å². The molecule has 3 N–H and O–H groups in total. The quantitative estimate of drug-likeness (QED) is 0.538. The Bertz CT molecular complexity index is 1370. The van der Waals surface area contributed by atoms with E-state index in [1.807, 2.05) is 31.2 Å². The summed E-state index contributed by atoms with van der Waals surface area (Å²) in [6, 6.07) is 11.0. The first-order valence-corrected chi connectivity index (χ1v) is 14.2. The highest BCUT2D eigenvalue weighted by molar-refractivity contribution is 7.92. The van der Waals surface area contributed by atoms with Crippen molar-refractivity contribution >= 4 is 21.3 Å². The van der Waals surface area contributed by atoms with Crippen molar-refractivity contribution < 1.29 is 13.4 Å². The van der Waals surface area contributed by atoms with Gasteiger partial charge in [0.1, 0.15) is 0 Å². The van der Waals surface area contributed by atoms with Gasteiger partial charge in [-0.3, -0.25) is 9.57 Å². The van der Waals surface area contributed by atoms with E-state index in [4.69, 9.17) is 15.6 Å². The van der Waals surface area contributed by atoms with Gasteiger partial charge in [-0.1, -0.05) is 25.0 Å². The van der Waals surface area contributed by atoms with Gasteiger partial charge in [0.05, 0.1) is 11.4 Å². The predicted octanol–water partition coefficient (Wildman–Crippen LogP) is 4.01. The van der Waals surface area contributed by atoms with Crippen LogP contribution < -0.4 is 10.6 Å². The molecule has 1 aliphatic heterocycles. The molecule has 8 nitrogen and oxygen atoms in total. The zero-order valence-corrected chi connectivity index (χ0v) is 21.1. The molecular weight excluding hydrogens is 479 g/mol. The maximum Gasteiger partial charge on any atom is 0.221 e. The molecule has 2 aromatic heterocycles. The lowest BCUT2D eigenvalue weighted by Gasteiger charge is -2.30. The minimum atomic E-state index is -2.46. The fourth-order valence-electron chi connectivity index (χ4n) is 5.50. The molecule has 1 saturated heterocycles. The zero-order chi connectivity index (χ0) is 25.4. The number of halogens is 1. The highest BCUT2D eigenvalue weighted by atomic mass is 32.2. The second-order valence-corrected chi connectivity index (χ2v) is 12.2. The van der Waals surface area contributed by atoms with Gasteiger partial charge in [-0.15, -0.1) is 0 Å². The van der Waals surface area contributed by atoms with E-state index in [2.05, 4.69) is 9.88 Å². The molecule has 3 aromatic rings. The third kappa shape index (κ3) is 4.61. The number of carbonyl (C=O) groups excluding carboxylic acids is 1. The first kappa shape index (κ1) is 24.4. The summed E-state index contributed by atoms with van der Waals surface area (Å²) in [6.45, 7) is 3.07. The van der Waals surface area contributed by atoms with Crippen molar-refractivity contribution in [3.8, 4) is 16.9 Å². The average Bonchev–Trinajstić information content (AvgIpc) is 3.21. The van der Waals surface area contributed by atoms with Crippen molar-refractivity contribution in [3.63, 3.8) is 0 Å². The molecule has 10 heteroatoms. The largest absolute Gasteiger partial charge is 0.370 e. The van der Waals surface area contributed by atoms with Crippen molar-refractivity contribution in [3.05, 3.63) is 59.8 Å². The normalized spacial score (nSPS) is 21.9. The molecule has 2 atom stereocenters. The summed E-state index contributed by atoms with van der Waals surface area (Å²) in [4.78, 5) is 18.7. The van der Waals surface area contributed by atoms with Crippen molar-refractivity contribution in [2.75, 3.05) is 29.5 Å². The average molecular weight is 511 g/mol. The lowest BCUT2D eigenvalue weighted by molar-refractivity contribution is -0.123. The van der Waals surface area contributed by atoms with Crippen LogP contribution >= 0.6 is 0 Å². The van der Waals surface area contributed by atoms with Crippen LogP contribution in [0.3, 0.4) is 0 Å². The maximum atomic E-state index is 14.7. The van der Waals surface area contributed by atoms with E-state index in [0.29, 0.717) is 24.6 Å². The molecule has 1 aromatic carbocycles. The van der Waals surface area contributed by atoms with Crippen LogP contribution in [0.15, 0.2) is 42.6 Å². The number of nitrogens with zero attached hydrogens (tertiary/aromatic N) is 4. The second kappa shape index (κ2) is 9.65. The molecule has 1 aliphatic carbocycles. The fourth-order valence-corrected chi connectivity index (χ4v) is 6.74. The van der Waals surface area contributed by atoms with Gasteiger partial charge < -0.3 is 10.6 Å². The first-order valence-electron chi connectivity index (χ1n) is 12.3. The maximum absolute atomic E-state index is 14.7. The highest BCUT2D eigenvalue weighted by Crippen LogP contribution is 2.43. The van der Waals surface area contributed by atoms with Crippen LogP contribution in [-0.4, -0.2) is 49.5 Å². The van der Waals surface area contributed by atoms with Crippen LogP contribution in [0.4, 0.5) is 10.1 Å². The summed E-state index contributed by atoms with van der Waals surface area (Å²) in [7, 11) is -2.46. The summed E-state index contributed by atoms with van der Waals surface area (Å²) in [5.74, 6) is -0.396. The summed E-state index contributed by atoms with van der Waals surface area (Å²) in [5, 5.41) is 4.84. The number of nitrogens with one attached hydrogen (secondary N) is 1. The van der Waals surface area contributed by atoms with E-state index in [1.165, 1.54) is 16.9 Å². The highest BCUT2D eigenvalue weighted by Gasteiger charge is 2.35. The Balaban J connectivity index is 1.58. The first-order chi connectivity index (χ1) is 17.2. The van der Waals surface area contributed by atoms with E-state index in [0.717, 1.165) is 53.9 Å². The molecule has 3 heterocycles. The Hall–Kier alpha value is -3.27. The molecule has 0 unspecified atom stereocenters. The number of pyridine rings is 1. The van der Waals surface area contributed by atoms with Crippen molar-refractivity contribution in [1.82, 2.24) is 14.8 Å². The minimum absolute atomic E-state index is 0.123. The van der Waals surface area contributed by atoms with Crippen LogP contribution in [-0.2, 0) is 14.5 Å². The van der Waals surface area contributed by atoms with E-state index < -0.39 is 15.5 Å². The molecule has 0 bridgehead atoms. The van der Waals surface area contributed by atoms with E-state index in [9.17, 15) is 13.4 Å². The van der Waals surface area contributed by atoms with Gasteiger partial charge in [0.15, 0.2) is 11.6 Å². The molecule has 5 rings (SSSR count). The van der Waals surface area contributed by atoms with E-state index in [-0.39, 0.29) is 23.6 Å². The Morgan fingerprint density at radius 2 is 1.83 bits per heavy atom. The molecule has 1 amide bonds. The molecular formula is C26H31FN6O2S. The van der Waals surface area contributed by atoms with E-state index in [1.54, 1.807) is 6.07 Å². The SMILES string of the molecule is Cc1c(-c2ccc(N3CCS(=N)(=O)CC3)cc2)c([C@@H]2CCCC[C@H]2C(N)=O)nn1-c1ncccc1F. The molecule has 2 fully saturated rings. The molecule has 2 aliphatic rings. The molecule has 36 heavy (non-hydrogen) atoms.